The van der Waals surface area contributed by atoms with Crippen molar-refractivity contribution >= 4 is 34.6 Å². The van der Waals surface area contributed by atoms with E-state index in [2.05, 4.69) is 15.6 Å². The number of aliphatic carboxylic acids is 1. The fourth-order valence-corrected chi connectivity index (χ4v) is 4.90. The normalized spacial score (nSPS) is 17.4. The summed E-state index contributed by atoms with van der Waals surface area (Å²) in [5.74, 6) is -2.93. The monoisotopic (exact) mass is 535 g/mol. The molecule has 2 heterocycles. The summed E-state index contributed by atoms with van der Waals surface area (Å²) in [7, 11) is 0. The lowest BCUT2D eigenvalue weighted by molar-refractivity contribution is -0.149. The van der Waals surface area contributed by atoms with E-state index in [0.717, 1.165) is 22.0 Å². The second-order valence-corrected chi connectivity index (χ2v) is 9.69. The van der Waals surface area contributed by atoms with Crippen LogP contribution in [0.3, 0.4) is 0 Å². The molecule has 206 valence electrons. The summed E-state index contributed by atoms with van der Waals surface area (Å²) < 4.78 is 0. The summed E-state index contributed by atoms with van der Waals surface area (Å²) in [6.07, 6.45) is 2.86. The van der Waals surface area contributed by atoms with E-state index in [4.69, 9.17) is 5.73 Å². The van der Waals surface area contributed by atoms with Crippen LogP contribution in [0.1, 0.15) is 24.0 Å². The third kappa shape index (κ3) is 6.62. The average Bonchev–Trinajstić information content (AvgIpc) is 3.60. The number of nitrogens with two attached hydrogens (primary N) is 1. The van der Waals surface area contributed by atoms with Crippen molar-refractivity contribution in [3.63, 3.8) is 0 Å². The highest BCUT2D eigenvalue weighted by molar-refractivity contribution is 5.95. The van der Waals surface area contributed by atoms with Gasteiger partial charge in [0.1, 0.15) is 24.2 Å². The zero-order valence-electron chi connectivity index (χ0n) is 21.4. The second kappa shape index (κ2) is 12.5. The summed E-state index contributed by atoms with van der Waals surface area (Å²) in [6, 6.07) is 12.2. The fraction of sp³-hybridized carbons (Fsp3) is 0.357. The van der Waals surface area contributed by atoms with Crippen LogP contribution in [0.2, 0.25) is 0 Å². The molecule has 1 fully saturated rings. The third-order valence-corrected chi connectivity index (χ3v) is 6.98. The Morgan fingerprint density at radius 2 is 1.67 bits per heavy atom. The summed E-state index contributed by atoms with van der Waals surface area (Å²) >= 11 is 0. The van der Waals surface area contributed by atoms with Gasteiger partial charge in [-0.3, -0.25) is 14.4 Å². The van der Waals surface area contributed by atoms with Crippen LogP contribution < -0.4 is 16.4 Å². The number of hydrogen-bond donors (Lipinski definition) is 6. The molecule has 11 nitrogen and oxygen atoms in total. The minimum Gasteiger partial charge on any atom is -0.480 e. The van der Waals surface area contributed by atoms with E-state index in [1.807, 2.05) is 54.6 Å². The number of nitrogens with one attached hydrogen (secondary N) is 3. The Kier molecular flexibility index (Phi) is 8.95. The summed E-state index contributed by atoms with van der Waals surface area (Å²) in [5.41, 5.74) is 8.09. The number of aromatic amines is 1. The van der Waals surface area contributed by atoms with Crippen molar-refractivity contribution < 1.29 is 29.4 Å². The van der Waals surface area contributed by atoms with E-state index in [1.54, 1.807) is 6.20 Å². The second-order valence-electron chi connectivity index (χ2n) is 9.69. The van der Waals surface area contributed by atoms with Crippen molar-refractivity contribution in [2.45, 2.75) is 49.9 Å². The van der Waals surface area contributed by atoms with Crippen LogP contribution in [-0.2, 0) is 32.0 Å². The van der Waals surface area contributed by atoms with Gasteiger partial charge in [0.05, 0.1) is 6.61 Å². The van der Waals surface area contributed by atoms with Gasteiger partial charge in [-0.25, -0.2) is 4.79 Å². The Morgan fingerprint density at radius 3 is 2.38 bits per heavy atom. The number of hydrogen-bond acceptors (Lipinski definition) is 6. The lowest BCUT2D eigenvalue weighted by Crippen LogP contribution is -2.58. The lowest BCUT2D eigenvalue weighted by Gasteiger charge is -2.29. The Morgan fingerprint density at radius 1 is 0.974 bits per heavy atom. The first-order chi connectivity index (χ1) is 18.8. The van der Waals surface area contributed by atoms with E-state index >= 15 is 0 Å². The van der Waals surface area contributed by atoms with Crippen LogP contribution in [-0.4, -0.2) is 81.1 Å². The highest BCUT2D eigenvalue weighted by Crippen LogP contribution is 2.21. The molecule has 1 aliphatic heterocycles. The molecular weight excluding hydrogens is 502 g/mol. The molecule has 1 aliphatic rings. The highest BCUT2D eigenvalue weighted by atomic mass is 16.4. The molecule has 0 unspecified atom stereocenters. The summed E-state index contributed by atoms with van der Waals surface area (Å²) in [6.45, 7) is -0.328. The predicted octanol–water partition coefficient (Wildman–Crippen LogP) is 0.318. The minimum absolute atomic E-state index is 0.0907. The van der Waals surface area contributed by atoms with Gasteiger partial charge in [0.15, 0.2) is 0 Å². The Bertz CT molecular complexity index is 1330. The van der Waals surface area contributed by atoms with Crippen molar-refractivity contribution in [1.29, 1.82) is 0 Å². The van der Waals surface area contributed by atoms with Crippen molar-refractivity contribution in [3.05, 3.63) is 71.9 Å². The molecule has 3 aromatic rings. The lowest BCUT2D eigenvalue weighted by atomic mass is 10.0. The number of nitrogens with zero attached hydrogens (tertiary/aromatic N) is 1. The first kappa shape index (κ1) is 27.8. The third-order valence-electron chi connectivity index (χ3n) is 6.98. The number of benzene rings is 2. The van der Waals surface area contributed by atoms with Crippen molar-refractivity contribution in [1.82, 2.24) is 20.5 Å². The molecule has 0 aliphatic carbocycles. The topological polar surface area (TPSA) is 178 Å². The molecule has 39 heavy (non-hydrogen) atoms. The molecule has 4 rings (SSSR count). The number of carbonyl (C=O) groups is 4. The first-order valence-electron chi connectivity index (χ1n) is 12.9. The van der Waals surface area contributed by atoms with Gasteiger partial charge < -0.3 is 36.5 Å². The van der Waals surface area contributed by atoms with Gasteiger partial charge in [-0.1, -0.05) is 48.5 Å². The maximum absolute atomic E-state index is 13.7. The fourth-order valence-electron chi connectivity index (χ4n) is 4.90. The number of para-hydroxylation sites is 1. The molecule has 2 aromatic carbocycles. The van der Waals surface area contributed by atoms with Crippen LogP contribution in [0.5, 0.6) is 0 Å². The highest BCUT2D eigenvalue weighted by Gasteiger charge is 2.38. The number of fused-ring (bicyclic) bond motifs is 1. The summed E-state index contributed by atoms with van der Waals surface area (Å²) in [5, 5.41) is 25.2. The Hall–Kier alpha value is -4.22. The van der Waals surface area contributed by atoms with Crippen molar-refractivity contribution in [2.75, 3.05) is 13.2 Å². The number of carboxylic acid groups (broad SMARTS) is 1. The number of aliphatic hydroxyl groups is 1. The first-order valence-corrected chi connectivity index (χ1v) is 12.9. The molecule has 3 amide bonds. The average molecular weight is 536 g/mol. The molecule has 0 saturated carbocycles. The minimum atomic E-state index is -1.23. The van der Waals surface area contributed by atoms with E-state index in [9.17, 15) is 29.4 Å². The number of amides is 3. The zero-order valence-corrected chi connectivity index (χ0v) is 21.4. The van der Waals surface area contributed by atoms with Crippen LogP contribution in [0.15, 0.2) is 60.8 Å². The quantitative estimate of drug-likeness (QED) is 0.205. The van der Waals surface area contributed by atoms with E-state index < -0.39 is 54.5 Å². The van der Waals surface area contributed by atoms with Crippen LogP contribution in [0.4, 0.5) is 0 Å². The van der Waals surface area contributed by atoms with E-state index in [0.29, 0.717) is 12.8 Å². The molecule has 0 bridgehead atoms. The van der Waals surface area contributed by atoms with Gasteiger partial charge in [0, 0.05) is 36.5 Å². The Balaban J connectivity index is 1.61. The zero-order chi connectivity index (χ0) is 27.9. The smallest absolute Gasteiger partial charge is 0.326 e. The van der Waals surface area contributed by atoms with Gasteiger partial charge >= 0.3 is 5.97 Å². The largest absolute Gasteiger partial charge is 0.480 e. The molecule has 7 N–H and O–H groups in total. The van der Waals surface area contributed by atoms with Gasteiger partial charge in [0.2, 0.25) is 17.7 Å². The van der Waals surface area contributed by atoms with Gasteiger partial charge in [-0.2, -0.15) is 0 Å². The molecular formula is C28H33N5O6. The number of aliphatic hydroxyl groups excluding tert-OH is 1. The molecule has 0 radical (unpaired) electrons. The predicted molar refractivity (Wildman–Crippen MR) is 143 cm³/mol. The SMILES string of the molecule is N[C@@H](CO)C(=O)N[C@@H](Cc1c[nH]c2ccccc12)C(=O)N[C@@H](Cc1ccccc1)C(=O)N1CCC[C@H]1C(=O)O. The molecule has 11 heteroatoms. The van der Waals surface area contributed by atoms with Crippen molar-refractivity contribution in [3.8, 4) is 0 Å². The Labute approximate surface area is 225 Å². The van der Waals surface area contributed by atoms with Crippen LogP contribution in [0.25, 0.3) is 10.9 Å². The number of carboxylic acids is 1. The number of rotatable bonds is 11. The molecule has 1 aromatic heterocycles. The molecule has 0 spiro atoms. The maximum atomic E-state index is 13.7. The molecule has 1 saturated heterocycles. The number of likely N-dealkylation sites (tertiary alicyclic amines) is 1. The maximum Gasteiger partial charge on any atom is 0.326 e. The van der Waals surface area contributed by atoms with E-state index in [1.165, 1.54) is 4.90 Å². The number of H-pyrrole nitrogens is 1. The van der Waals surface area contributed by atoms with Crippen LogP contribution in [0, 0.1) is 0 Å². The number of aromatic nitrogens is 1. The van der Waals surface area contributed by atoms with Crippen LogP contribution >= 0.6 is 0 Å². The summed E-state index contributed by atoms with van der Waals surface area (Å²) in [4.78, 5) is 56.0. The standard InChI is InChI=1S/C28H33N5O6/c29-20(16-34)25(35)31-22(14-18-15-30-21-10-5-4-9-19(18)21)26(36)32-23(13-17-7-2-1-3-8-17)27(37)33-12-6-11-24(33)28(38)39/h1-5,7-10,15,20,22-24,30,34H,6,11-14,16,29H2,(H,31,35)(H,32,36)(H,38,39)/t20-,22-,23-,24-/m0/s1. The van der Waals surface area contributed by atoms with Gasteiger partial charge in [0.25, 0.3) is 0 Å². The van der Waals surface area contributed by atoms with Gasteiger partial charge in [-0.15, -0.1) is 0 Å². The number of carbonyl (C=O) groups excluding carboxylic acids is 3. The van der Waals surface area contributed by atoms with Gasteiger partial charge in [-0.05, 0) is 30.0 Å². The van der Waals surface area contributed by atoms with Crippen molar-refractivity contribution in [2.24, 2.45) is 5.73 Å². The van der Waals surface area contributed by atoms with E-state index in [-0.39, 0.29) is 19.4 Å². The molecule has 4 atom stereocenters.